The van der Waals surface area contributed by atoms with Crippen molar-refractivity contribution in [1.29, 1.82) is 0 Å². The normalized spacial score (nSPS) is 22.8. The Bertz CT molecular complexity index is 1110. The van der Waals surface area contributed by atoms with E-state index in [4.69, 9.17) is 21.4 Å². The lowest BCUT2D eigenvalue weighted by atomic mass is 10.0. The first-order valence-corrected chi connectivity index (χ1v) is 11.0. The first kappa shape index (κ1) is 20.6. The van der Waals surface area contributed by atoms with Crippen LogP contribution in [-0.2, 0) is 4.74 Å². The van der Waals surface area contributed by atoms with E-state index in [2.05, 4.69) is 15.2 Å². The van der Waals surface area contributed by atoms with E-state index in [0.717, 1.165) is 36.5 Å². The molecular formula is C23H22N4O4S. The van der Waals surface area contributed by atoms with Crippen molar-refractivity contribution in [1.82, 2.24) is 15.2 Å². The van der Waals surface area contributed by atoms with Gasteiger partial charge in [-0.1, -0.05) is 6.07 Å². The predicted octanol–water partition coefficient (Wildman–Crippen LogP) is 4.40. The number of pyridine rings is 1. The van der Waals surface area contributed by atoms with E-state index in [1.807, 2.05) is 30.3 Å². The van der Waals surface area contributed by atoms with Crippen LogP contribution in [0.3, 0.4) is 0 Å². The molecule has 4 heterocycles. The third-order valence-electron chi connectivity index (χ3n) is 5.90. The molecule has 2 aliphatic rings. The highest BCUT2D eigenvalue weighted by Gasteiger charge is 2.42. The number of thiocarbonyl (C=S) groups is 1. The topological polar surface area (TPSA) is 93.7 Å². The molecule has 2 aromatic heterocycles. The van der Waals surface area contributed by atoms with Crippen molar-refractivity contribution in [2.45, 2.75) is 31.0 Å². The van der Waals surface area contributed by atoms with Crippen LogP contribution in [0.15, 0.2) is 65.2 Å². The first-order chi connectivity index (χ1) is 15.6. The molecular weight excluding hydrogens is 428 g/mol. The SMILES string of the molecule is O=[N+]([O-])c1ccc(-c2ccc([C@@H]3[C@H](c4ccccn4)NC(=S)N3C[C@H]3CCCO3)o2)cc1. The number of nitrogens with one attached hydrogen (secondary N) is 1. The molecule has 5 rings (SSSR count). The van der Waals surface area contributed by atoms with Crippen LogP contribution in [0, 0.1) is 10.1 Å². The van der Waals surface area contributed by atoms with Gasteiger partial charge in [0.1, 0.15) is 17.6 Å². The number of benzene rings is 1. The zero-order valence-electron chi connectivity index (χ0n) is 17.2. The maximum Gasteiger partial charge on any atom is 0.269 e. The fraction of sp³-hybridized carbons (Fsp3) is 0.304. The van der Waals surface area contributed by atoms with Crippen molar-refractivity contribution in [2.24, 2.45) is 0 Å². The Hall–Kier alpha value is -3.30. The monoisotopic (exact) mass is 450 g/mol. The summed E-state index contributed by atoms with van der Waals surface area (Å²) in [6, 6.07) is 15.6. The Morgan fingerprint density at radius 2 is 2.03 bits per heavy atom. The molecule has 0 amide bonds. The van der Waals surface area contributed by atoms with Gasteiger partial charge >= 0.3 is 0 Å². The standard InChI is InChI=1S/C23H22N4O4S/c28-27(29)16-8-6-15(7-9-16)19-10-11-20(31-19)22-21(18-5-1-2-12-24-18)25-23(32)26(22)14-17-4-3-13-30-17/h1-2,5-12,17,21-22H,3-4,13-14H2,(H,25,32)/t17-,21+,22-/m1/s1. The largest absolute Gasteiger partial charge is 0.459 e. The Morgan fingerprint density at radius 1 is 1.19 bits per heavy atom. The summed E-state index contributed by atoms with van der Waals surface area (Å²) < 4.78 is 12.1. The van der Waals surface area contributed by atoms with Gasteiger partial charge in [0.25, 0.3) is 5.69 Å². The highest BCUT2D eigenvalue weighted by atomic mass is 32.1. The van der Waals surface area contributed by atoms with Crippen LogP contribution in [0.2, 0.25) is 0 Å². The van der Waals surface area contributed by atoms with Crippen molar-refractivity contribution in [3.8, 4) is 11.3 Å². The lowest BCUT2D eigenvalue weighted by molar-refractivity contribution is -0.384. The molecule has 8 nitrogen and oxygen atoms in total. The van der Waals surface area contributed by atoms with Crippen LogP contribution < -0.4 is 5.32 Å². The molecule has 0 radical (unpaired) electrons. The third-order valence-corrected chi connectivity index (χ3v) is 6.26. The van der Waals surface area contributed by atoms with Gasteiger partial charge in [-0.25, -0.2) is 0 Å². The minimum atomic E-state index is -0.414. The maximum atomic E-state index is 10.9. The molecule has 164 valence electrons. The zero-order valence-corrected chi connectivity index (χ0v) is 18.0. The summed E-state index contributed by atoms with van der Waals surface area (Å²) in [6.07, 6.45) is 3.96. The van der Waals surface area contributed by atoms with Crippen LogP contribution in [-0.4, -0.2) is 39.2 Å². The average molecular weight is 451 g/mol. The van der Waals surface area contributed by atoms with Crippen LogP contribution in [0.4, 0.5) is 5.69 Å². The third kappa shape index (κ3) is 3.96. The van der Waals surface area contributed by atoms with E-state index in [9.17, 15) is 10.1 Å². The number of nitrogens with zero attached hydrogens (tertiary/aromatic N) is 3. The van der Waals surface area contributed by atoms with Crippen molar-refractivity contribution < 1.29 is 14.1 Å². The van der Waals surface area contributed by atoms with Crippen LogP contribution >= 0.6 is 12.2 Å². The molecule has 3 aromatic rings. The van der Waals surface area contributed by atoms with Crippen LogP contribution in [0.25, 0.3) is 11.3 Å². The van der Waals surface area contributed by atoms with Gasteiger partial charge in [0.05, 0.1) is 22.8 Å². The highest BCUT2D eigenvalue weighted by molar-refractivity contribution is 7.80. The van der Waals surface area contributed by atoms with Gasteiger partial charge in [-0.05, 0) is 61.5 Å². The minimum Gasteiger partial charge on any atom is -0.459 e. The Morgan fingerprint density at radius 3 is 2.72 bits per heavy atom. The van der Waals surface area contributed by atoms with E-state index in [1.165, 1.54) is 12.1 Å². The van der Waals surface area contributed by atoms with Gasteiger partial charge in [-0.3, -0.25) is 15.1 Å². The Kier molecular flexibility index (Phi) is 5.59. The lowest BCUT2D eigenvalue weighted by Gasteiger charge is -2.28. The molecule has 2 saturated heterocycles. The lowest BCUT2D eigenvalue weighted by Crippen LogP contribution is -2.36. The van der Waals surface area contributed by atoms with Gasteiger partial charge in [-0.2, -0.15) is 0 Å². The molecule has 3 atom stereocenters. The van der Waals surface area contributed by atoms with Crippen molar-refractivity contribution in [3.63, 3.8) is 0 Å². The summed E-state index contributed by atoms with van der Waals surface area (Å²) >= 11 is 5.69. The summed E-state index contributed by atoms with van der Waals surface area (Å²) in [5.41, 5.74) is 1.70. The van der Waals surface area contributed by atoms with E-state index >= 15 is 0 Å². The predicted molar refractivity (Wildman–Crippen MR) is 122 cm³/mol. The molecule has 1 N–H and O–H groups in total. The minimum absolute atomic E-state index is 0.0452. The molecule has 1 aromatic carbocycles. The van der Waals surface area contributed by atoms with Gasteiger partial charge in [0, 0.05) is 37.0 Å². The smallest absolute Gasteiger partial charge is 0.269 e. The van der Waals surface area contributed by atoms with Crippen molar-refractivity contribution in [2.75, 3.05) is 13.2 Å². The van der Waals surface area contributed by atoms with Gasteiger partial charge in [-0.15, -0.1) is 0 Å². The fourth-order valence-corrected chi connectivity index (χ4v) is 4.65. The molecule has 0 aliphatic carbocycles. The number of rotatable bonds is 6. The van der Waals surface area contributed by atoms with Gasteiger partial charge in [0.15, 0.2) is 5.11 Å². The van der Waals surface area contributed by atoms with Gasteiger partial charge in [0.2, 0.25) is 0 Å². The number of nitro groups is 1. The average Bonchev–Trinajstić information content (AvgIpc) is 3.56. The molecule has 9 heteroatoms. The number of hydrogen-bond donors (Lipinski definition) is 1. The van der Waals surface area contributed by atoms with Crippen LogP contribution in [0.1, 0.15) is 36.4 Å². The van der Waals surface area contributed by atoms with Crippen LogP contribution in [0.5, 0.6) is 0 Å². The van der Waals surface area contributed by atoms with Crippen molar-refractivity contribution in [3.05, 3.63) is 82.4 Å². The number of furan rings is 1. The molecule has 0 bridgehead atoms. The quantitative estimate of drug-likeness (QED) is 0.336. The molecule has 2 fully saturated rings. The van der Waals surface area contributed by atoms with E-state index in [1.54, 1.807) is 18.3 Å². The summed E-state index contributed by atoms with van der Waals surface area (Å²) in [5, 5.41) is 15.0. The summed E-state index contributed by atoms with van der Waals surface area (Å²) in [4.78, 5) is 17.2. The number of nitro benzene ring substituents is 1. The number of ether oxygens (including phenoxy) is 1. The van der Waals surface area contributed by atoms with E-state index in [0.29, 0.717) is 17.4 Å². The number of non-ortho nitro benzene ring substituents is 1. The molecule has 0 spiro atoms. The summed E-state index contributed by atoms with van der Waals surface area (Å²) in [5.74, 6) is 1.39. The Labute approximate surface area is 190 Å². The zero-order chi connectivity index (χ0) is 22.1. The second-order valence-electron chi connectivity index (χ2n) is 7.92. The molecule has 0 unspecified atom stereocenters. The van der Waals surface area contributed by atoms with Gasteiger partial charge < -0.3 is 19.4 Å². The Balaban J connectivity index is 1.48. The van der Waals surface area contributed by atoms with E-state index in [-0.39, 0.29) is 23.9 Å². The summed E-state index contributed by atoms with van der Waals surface area (Å²) in [6.45, 7) is 1.45. The fourth-order valence-electron chi connectivity index (χ4n) is 4.33. The highest BCUT2D eigenvalue weighted by Crippen LogP contribution is 2.41. The number of hydrogen-bond acceptors (Lipinski definition) is 6. The second kappa shape index (κ2) is 8.68. The van der Waals surface area contributed by atoms with Crippen molar-refractivity contribution >= 4 is 23.0 Å². The maximum absolute atomic E-state index is 10.9. The first-order valence-electron chi connectivity index (χ1n) is 10.5. The molecule has 0 saturated carbocycles. The molecule has 2 aliphatic heterocycles. The second-order valence-corrected chi connectivity index (χ2v) is 8.31. The van der Waals surface area contributed by atoms with E-state index < -0.39 is 4.92 Å². The number of aromatic nitrogens is 1. The summed E-state index contributed by atoms with van der Waals surface area (Å²) in [7, 11) is 0. The molecule has 32 heavy (non-hydrogen) atoms.